The van der Waals surface area contributed by atoms with Gasteiger partial charge < -0.3 is 10.1 Å². The van der Waals surface area contributed by atoms with Crippen molar-refractivity contribution in [2.75, 3.05) is 18.2 Å². The Labute approximate surface area is 191 Å². The molecule has 0 atom stereocenters. The topological polar surface area (TPSA) is 69.0 Å². The zero-order valence-electron chi connectivity index (χ0n) is 18.2. The third-order valence-corrected chi connectivity index (χ3v) is 6.14. The third-order valence-electron chi connectivity index (χ3n) is 5.21. The number of methoxy groups -OCH3 is 1. The minimum atomic E-state index is -0.0858. The normalized spacial score (nSPS) is 10.7. The van der Waals surface area contributed by atoms with Crippen molar-refractivity contribution in [1.29, 1.82) is 0 Å². The molecule has 6 nitrogen and oxygen atoms in total. The van der Waals surface area contributed by atoms with E-state index in [1.165, 1.54) is 11.8 Å². The molecule has 0 bridgehead atoms. The Morgan fingerprint density at radius 3 is 2.44 bits per heavy atom. The van der Waals surface area contributed by atoms with Crippen molar-refractivity contribution in [2.45, 2.75) is 19.0 Å². The summed E-state index contributed by atoms with van der Waals surface area (Å²) >= 11 is 1.36. The van der Waals surface area contributed by atoms with Gasteiger partial charge in [-0.1, -0.05) is 42.1 Å². The highest BCUT2D eigenvalue weighted by Gasteiger charge is 2.17. The highest BCUT2D eigenvalue weighted by atomic mass is 32.2. The summed E-state index contributed by atoms with van der Waals surface area (Å²) in [5, 5.41) is 12.5. The number of nitrogens with one attached hydrogen (secondary N) is 1. The number of carbonyl (C=O) groups excluding carboxylic acids is 1. The van der Waals surface area contributed by atoms with Crippen LogP contribution in [0.4, 0.5) is 5.69 Å². The Balaban J connectivity index is 1.59. The molecule has 0 spiro atoms. The van der Waals surface area contributed by atoms with Gasteiger partial charge in [0.05, 0.1) is 12.9 Å². The number of aromatic nitrogens is 3. The van der Waals surface area contributed by atoms with Crippen LogP contribution in [0.1, 0.15) is 11.1 Å². The van der Waals surface area contributed by atoms with Crippen molar-refractivity contribution in [3.8, 4) is 22.8 Å². The lowest BCUT2D eigenvalue weighted by Gasteiger charge is -2.12. The number of thioether (sulfide) groups is 1. The number of aryl methyl sites for hydroxylation is 1. The summed E-state index contributed by atoms with van der Waals surface area (Å²) in [6.45, 7) is 4.04. The van der Waals surface area contributed by atoms with Crippen LogP contribution in [0.2, 0.25) is 0 Å². The second kappa shape index (κ2) is 9.70. The molecular formula is C25H24N4O2S. The number of ether oxygens (including phenoxy) is 1. The number of rotatable bonds is 7. The summed E-state index contributed by atoms with van der Waals surface area (Å²) in [7, 11) is 1.64. The van der Waals surface area contributed by atoms with Gasteiger partial charge in [0.2, 0.25) is 5.91 Å². The van der Waals surface area contributed by atoms with Crippen LogP contribution < -0.4 is 10.1 Å². The van der Waals surface area contributed by atoms with E-state index >= 15 is 0 Å². The van der Waals surface area contributed by atoms with Crippen molar-refractivity contribution in [1.82, 2.24) is 14.8 Å². The fraction of sp³-hybridized carbons (Fsp3) is 0.160. The number of carbonyl (C=O) groups is 1. The molecular weight excluding hydrogens is 420 g/mol. The van der Waals surface area contributed by atoms with Gasteiger partial charge >= 0.3 is 0 Å². The van der Waals surface area contributed by atoms with E-state index in [0.29, 0.717) is 11.0 Å². The fourth-order valence-corrected chi connectivity index (χ4v) is 4.06. The molecule has 162 valence electrons. The average Bonchev–Trinajstić information content (AvgIpc) is 3.25. The van der Waals surface area contributed by atoms with Crippen LogP contribution in [-0.2, 0) is 4.79 Å². The molecule has 0 fully saturated rings. The van der Waals surface area contributed by atoms with Crippen molar-refractivity contribution in [2.24, 2.45) is 0 Å². The zero-order chi connectivity index (χ0) is 22.5. The number of amides is 1. The van der Waals surface area contributed by atoms with E-state index in [9.17, 15) is 4.79 Å². The Bertz CT molecular complexity index is 1220. The highest BCUT2D eigenvalue weighted by Crippen LogP contribution is 2.29. The highest BCUT2D eigenvalue weighted by molar-refractivity contribution is 7.99. The van der Waals surface area contributed by atoms with Gasteiger partial charge in [-0.05, 0) is 67.4 Å². The summed E-state index contributed by atoms with van der Waals surface area (Å²) in [6, 6.07) is 23.5. The first-order chi connectivity index (χ1) is 15.6. The van der Waals surface area contributed by atoms with Gasteiger partial charge in [0.1, 0.15) is 5.75 Å². The van der Waals surface area contributed by atoms with E-state index in [-0.39, 0.29) is 11.7 Å². The quantitative estimate of drug-likeness (QED) is 0.392. The van der Waals surface area contributed by atoms with Gasteiger partial charge in [-0.3, -0.25) is 9.36 Å². The minimum absolute atomic E-state index is 0.0858. The van der Waals surface area contributed by atoms with E-state index < -0.39 is 0 Å². The fourth-order valence-electron chi connectivity index (χ4n) is 3.30. The van der Waals surface area contributed by atoms with Crippen molar-refractivity contribution < 1.29 is 9.53 Å². The van der Waals surface area contributed by atoms with Crippen LogP contribution >= 0.6 is 11.8 Å². The van der Waals surface area contributed by atoms with Gasteiger partial charge in [-0.15, -0.1) is 10.2 Å². The summed E-state index contributed by atoms with van der Waals surface area (Å²) < 4.78 is 7.23. The Morgan fingerprint density at radius 2 is 1.72 bits per heavy atom. The van der Waals surface area contributed by atoms with Gasteiger partial charge in [0, 0.05) is 16.9 Å². The Hall–Kier alpha value is -3.58. The van der Waals surface area contributed by atoms with Crippen LogP contribution in [0.3, 0.4) is 0 Å². The van der Waals surface area contributed by atoms with E-state index in [4.69, 9.17) is 4.74 Å². The largest absolute Gasteiger partial charge is 0.497 e. The number of benzene rings is 3. The predicted octanol–water partition coefficient (Wildman–Crippen LogP) is 5.29. The molecule has 7 heteroatoms. The summed E-state index contributed by atoms with van der Waals surface area (Å²) in [4.78, 5) is 12.6. The first kappa shape index (κ1) is 21.6. The molecule has 0 radical (unpaired) electrons. The van der Waals surface area contributed by atoms with Gasteiger partial charge in [-0.25, -0.2) is 0 Å². The van der Waals surface area contributed by atoms with Gasteiger partial charge in [0.15, 0.2) is 11.0 Å². The van der Waals surface area contributed by atoms with Crippen LogP contribution in [-0.4, -0.2) is 33.5 Å². The Morgan fingerprint density at radius 1 is 0.969 bits per heavy atom. The summed E-state index contributed by atoms with van der Waals surface area (Å²) in [6.07, 6.45) is 0. The van der Waals surface area contributed by atoms with Crippen molar-refractivity contribution in [3.63, 3.8) is 0 Å². The van der Waals surface area contributed by atoms with Crippen LogP contribution in [0.5, 0.6) is 5.75 Å². The SMILES string of the molecule is COc1ccc(-c2nnc(SCC(=O)Nc3cccc(C)c3C)n2-c2ccccc2)cc1. The summed E-state index contributed by atoms with van der Waals surface area (Å²) in [5.41, 5.74) is 4.89. The average molecular weight is 445 g/mol. The monoisotopic (exact) mass is 444 g/mol. The molecule has 0 aliphatic heterocycles. The molecule has 1 heterocycles. The second-order valence-corrected chi connectivity index (χ2v) is 8.23. The summed E-state index contributed by atoms with van der Waals surface area (Å²) in [5.74, 6) is 1.62. The molecule has 1 aromatic heterocycles. The molecule has 4 rings (SSSR count). The Kier molecular flexibility index (Phi) is 6.56. The molecule has 0 saturated heterocycles. The molecule has 0 saturated carbocycles. The van der Waals surface area contributed by atoms with Crippen LogP contribution in [0.25, 0.3) is 17.1 Å². The van der Waals surface area contributed by atoms with Crippen LogP contribution in [0, 0.1) is 13.8 Å². The van der Waals surface area contributed by atoms with Gasteiger partial charge in [0.25, 0.3) is 0 Å². The van der Waals surface area contributed by atoms with E-state index in [0.717, 1.165) is 33.8 Å². The molecule has 0 aliphatic carbocycles. The van der Waals surface area contributed by atoms with Crippen molar-refractivity contribution in [3.05, 3.63) is 83.9 Å². The van der Waals surface area contributed by atoms with E-state index in [2.05, 4.69) is 15.5 Å². The molecule has 3 aromatic carbocycles. The predicted molar refractivity (Wildman–Crippen MR) is 129 cm³/mol. The van der Waals surface area contributed by atoms with Crippen molar-refractivity contribution >= 4 is 23.4 Å². The van der Waals surface area contributed by atoms with Crippen LogP contribution in [0.15, 0.2) is 78.0 Å². The number of anilines is 1. The third kappa shape index (κ3) is 4.68. The number of hydrogen-bond acceptors (Lipinski definition) is 5. The minimum Gasteiger partial charge on any atom is -0.497 e. The maximum Gasteiger partial charge on any atom is 0.234 e. The number of hydrogen-bond donors (Lipinski definition) is 1. The lowest BCUT2D eigenvalue weighted by molar-refractivity contribution is -0.113. The maximum absolute atomic E-state index is 12.6. The smallest absolute Gasteiger partial charge is 0.234 e. The maximum atomic E-state index is 12.6. The number of para-hydroxylation sites is 1. The standard InChI is InChI=1S/C25H24N4O2S/c1-17-8-7-11-22(18(17)2)26-23(30)16-32-25-28-27-24(19-12-14-21(31-3)15-13-19)29(25)20-9-5-4-6-10-20/h4-15H,16H2,1-3H3,(H,26,30). The molecule has 4 aromatic rings. The second-order valence-electron chi connectivity index (χ2n) is 7.29. The van der Waals surface area contributed by atoms with Gasteiger partial charge in [-0.2, -0.15) is 0 Å². The zero-order valence-corrected chi connectivity index (χ0v) is 19.0. The molecule has 0 aliphatic rings. The molecule has 32 heavy (non-hydrogen) atoms. The molecule has 0 unspecified atom stereocenters. The lowest BCUT2D eigenvalue weighted by atomic mass is 10.1. The molecule has 1 amide bonds. The lowest BCUT2D eigenvalue weighted by Crippen LogP contribution is -2.15. The number of nitrogens with zero attached hydrogens (tertiary/aromatic N) is 3. The first-order valence-electron chi connectivity index (χ1n) is 10.2. The van der Waals surface area contributed by atoms with E-state index in [1.54, 1.807) is 7.11 Å². The first-order valence-corrected chi connectivity index (χ1v) is 11.2. The molecule has 1 N–H and O–H groups in total. The van der Waals surface area contributed by atoms with E-state index in [1.807, 2.05) is 91.2 Å².